The van der Waals surface area contributed by atoms with Crippen LogP contribution in [0.1, 0.15) is 6.92 Å². The molecule has 4 aliphatic rings. The average Bonchev–Trinajstić information content (AvgIpc) is 3.28. The van der Waals surface area contributed by atoms with Crippen molar-refractivity contribution in [2.24, 2.45) is 11.7 Å². The molecule has 25 atom stereocenters. The maximum atomic E-state index is 11.6. The van der Waals surface area contributed by atoms with E-state index in [9.17, 15) is 86.8 Å². The van der Waals surface area contributed by atoms with Crippen LogP contribution in [-0.4, -0.2) is 294 Å². The fraction of sp³-hybridized carbons (Fsp3) is 1.00. The van der Waals surface area contributed by atoms with Crippen molar-refractivity contribution in [3.05, 3.63) is 0 Å². The lowest BCUT2D eigenvalue weighted by atomic mass is 9.95. The molecule has 0 bridgehead atoms. The Bertz CT molecular complexity index is 1300. The molecule has 0 saturated carbocycles. The maximum Gasteiger partial charge on any atom is 0.187 e. The third-order valence-electron chi connectivity index (χ3n) is 11.1. The van der Waals surface area contributed by atoms with E-state index in [4.69, 9.17) is 53.1 Å². The van der Waals surface area contributed by atoms with E-state index in [0.717, 1.165) is 0 Å². The summed E-state index contributed by atoms with van der Waals surface area (Å²) in [4.78, 5) is 0. The molecule has 0 aromatic carbocycles. The third-order valence-corrected chi connectivity index (χ3v) is 11.1. The zero-order valence-electron chi connectivity index (χ0n) is 34.1. The standard InChI is InChI=1S/C35H65NO27/c1-11(6-37)16(42)21(47)24(50)31(53)60-29-22(48)17(43)12(7-38)58-34(29)63-30-23(49)18(44)13(8-39)59-35(30)62-28-20(46)15(10-41)57-33(26(28)52)61-27-19(45)14(9-40)56-32(25(27)51)55-5-4-54-3-2-36/h11-35,37-53H,2-10,36H2,1H3. The van der Waals surface area contributed by atoms with E-state index in [0.29, 0.717) is 0 Å². The van der Waals surface area contributed by atoms with Crippen LogP contribution in [0.3, 0.4) is 0 Å². The summed E-state index contributed by atoms with van der Waals surface area (Å²) >= 11 is 0. The van der Waals surface area contributed by atoms with Crippen LogP contribution in [0, 0.1) is 5.92 Å². The molecule has 4 rings (SSSR count). The summed E-state index contributed by atoms with van der Waals surface area (Å²) < 4.78 is 55.8. The smallest absolute Gasteiger partial charge is 0.187 e. The first-order valence-electron chi connectivity index (χ1n) is 20.2. The Kier molecular flexibility index (Phi) is 21.9. The van der Waals surface area contributed by atoms with Crippen LogP contribution in [0.2, 0.25) is 0 Å². The molecule has 4 aliphatic heterocycles. The van der Waals surface area contributed by atoms with Gasteiger partial charge in [-0.1, -0.05) is 6.92 Å². The molecule has 28 heteroatoms. The van der Waals surface area contributed by atoms with Crippen molar-refractivity contribution in [3.63, 3.8) is 0 Å². The van der Waals surface area contributed by atoms with Gasteiger partial charge < -0.3 is 140 Å². The van der Waals surface area contributed by atoms with Gasteiger partial charge in [0, 0.05) is 19.1 Å². The predicted octanol–water partition coefficient (Wildman–Crippen LogP) is -11.7. The summed E-state index contributed by atoms with van der Waals surface area (Å²) in [7, 11) is 0. The molecule has 372 valence electrons. The third kappa shape index (κ3) is 12.9. The van der Waals surface area contributed by atoms with Crippen LogP contribution in [-0.2, 0) is 47.4 Å². The lowest BCUT2D eigenvalue weighted by Gasteiger charge is -2.49. The van der Waals surface area contributed by atoms with Crippen LogP contribution >= 0.6 is 0 Å². The van der Waals surface area contributed by atoms with Gasteiger partial charge in [-0.2, -0.15) is 0 Å². The minimum atomic E-state index is -2.52. The van der Waals surface area contributed by atoms with Gasteiger partial charge in [-0.3, -0.25) is 0 Å². The van der Waals surface area contributed by atoms with E-state index in [-0.39, 0.29) is 26.4 Å². The lowest BCUT2D eigenvalue weighted by Crippen LogP contribution is -2.68. The Balaban J connectivity index is 1.60. The second-order valence-electron chi connectivity index (χ2n) is 15.5. The van der Waals surface area contributed by atoms with Gasteiger partial charge in [0.05, 0.1) is 52.4 Å². The number of aliphatic hydroxyl groups excluding tert-OH is 17. The summed E-state index contributed by atoms with van der Waals surface area (Å²) in [6.45, 7) is -2.85. The normalized spacial score (nSPS) is 43.9. The lowest BCUT2D eigenvalue weighted by molar-refractivity contribution is -0.402. The fourth-order valence-corrected chi connectivity index (χ4v) is 7.23. The van der Waals surface area contributed by atoms with Crippen LogP contribution in [0.5, 0.6) is 0 Å². The molecule has 0 radical (unpaired) electrons. The van der Waals surface area contributed by atoms with Gasteiger partial charge in [0.1, 0.15) is 110 Å². The minimum absolute atomic E-state index is 0.00877. The van der Waals surface area contributed by atoms with E-state index in [1.54, 1.807) is 0 Å². The van der Waals surface area contributed by atoms with Crippen LogP contribution in [0.4, 0.5) is 0 Å². The number of hydrogen-bond acceptors (Lipinski definition) is 28. The summed E-state index contributed by atoms with van der Waals surface area (Å²) in [6, 6.07) is 0. The van der Waals surface area contributed by atoms with E-state index in [2.05, 4.69) is 0 Å². The second-order valence-corrected chi connectivity index (χ2v) is 15.5. The first-order valence-corrected chi connectivity index (χ1v) is 20.2. The molecule has 0 aromatic rings. The predicted molar refractivity (Wildman–Crippen MR) is 197 cm³/mol. The van der Waals surface area contributed by atoms with Gasteiger partial charge in [0.2, 0.25) is 0 Å². The Morgan fingerprint density at radius 3 is 1.40 bits per heavy atom. The van der Waals surface area contributed by atoms with Crippen molar-refractivity contribution in [1.29, 1.82) is 0 Å². The van der Waals surface area contributed by atoms with Crippen molar-refractivity contribution in [3.8, 4) is 0 Å². The highest BCUT2D eigenvalue weighted by Gasteiger charge is 2.56. The van der Waals surface area contributed by atoms with Crippen molar-refractivity contribution in [2.45, 2.75) is 154 Å². The number of rotatable bonds is 23. The summed E-state index contributed by atoms with van der Waals surface area (Å²) in [5, 5.41) is 180. The quantitative estimate of drug-likeness (QED) is 0.0334. The molecule has 63 heavy (non-hydrogen) atoms. The Morgan fingerprint density at radius 2 is 0.889 bits per heavy atom. The highest BCUT2D eigenvalue weighted by molar-refractivity contribution is 4.98. The molecular formula is C35H65NO27. The van der Waals surface area contributed by atoms with Crippen LogP contribution < -0.4 is 5.73 Å². The molecule has 0 aliphatic carbocycles. The van der Waals surface area contributed by atoms with Gasteiger partial charge in [-0.25, -0.2) is 0 Å². The molecule has 4 saturated heterocycles. The minimum Gasteiger partial charge on any atom is -0.396 e. The van der Waals surface area contributed by atoms with Gasteiger partial charge >= 0.3 is 0 Å². The summed E-state index contributed by atoms with van der Waals surface area (Å²) in [6.07, 6.45) is -47.3. The van der Waals surface area contributed by atoms with Gasteiger partial charge in [0.25, 0.3) is 0 Å². The van der Waals surface area contributed by atoms with E-state index in [1.807, 2.05) is 0 Å². The molecule has 0 amide bonds. The number of hydrogen-bond donors (Lipinski definition) is 18. The van der Waals surface area contributed by atoms with E-state index in [1.165, 1.54) is 6.92 Å². The first kappa shape index (κ1) is 54.5. The molecule has 25 unspecified atom stereocenters. The van der Waals surface area contributed by atoms with Crippen molar-refractivity contribution < 1.29 is 134 Å². The zero-order chi connectivity index (χ0) is 46.9. The molecule has 0 aromatic heterocycles. The van der Waals surface area contributed by atoms with Gasteiger partial charge in [-0.05, 0) is 0 Å². The highest BCUT2D eigenvalue weighted by Crippen LogP contribution is 2.36. The molecule has 0 spiro atoms. The fourth-order valence-electron chi connectivity index (χ4n) is 7.23. The monoisotopic (exact) mass is 931 g/mol. The number of nitrogens with two attached hydrogens (primary N) is 1. The van der Waals surface area contributed by atoms with E-state index >= 15 is 0 Å². The van der Waals surface area contributed by atoms with Gasteiger partial charge in [-0.15, -0.1) is 0 Å². The molecule has 28 nitrogen and oxygen atoms in total. The van der Waals surface area contributed by atoms with Gasteiger partial charge in [0.15, 0.2) is 31.5 Å². The van der Waals surface area contributed by atoms with Crippen molar-refractivity contribution in [2.75, 3.05) is 59.4 Å². The molecular weight excluding hydrogens is 866 g/mol. The maximum absolute atomic E-state index is 11.6. The Morgan fingerprint density at radius 1 is 0.460 bits per heavy atom. The summed E-state index contributed by atoms with van der Waals surface area (Å²) in [5.74, 6) is -1.02. The molecule has 4 fully saturated rings. The van der Waals surface area contributed by atoms with Crippen LogP contribution in [0.25, 0.3) is 0 Å². The summed E-state index contributed by atoms with van der Waals surface area (Å²) in [5.41, 5.74) is 5.39. The molecule has 4 heterocycles. The SMILES string of the molecule is CC(CO)C(O)C(O)C(O)C(O)OC1C(OC2C(OC3C(O)C(CO)OC(OC4C(O)C(CO)OC(OCCOCCN)C4O)C3O)OC(CO)C(O)C2O)OC(CO)C(O)C1O. The van der Waals surface area contributed by atoms with Crippen LogP contribution in [0.15, 0.2) is 0 Å². The van der Waals surface area contributed by atoms with E-state index < -0.39 is 186 Å². The highest BCUT2D eigenvalue weighted by atomic mass is 16.8. The second kappa shape index (κ2) is 25.3. The Hall–Kier alpha value is -1.12. The number of ether oxygens (including phenoxy) is 10. The molecule has 19 N–H and O–H groups in total. The largest absolute Gasteiger partial charge is 0.396 e. The Labute approximate surface area is 359 Å². The van der Waals surface area contributed by atoms with Crippen molar-refractivity contribution >= 4 is 0 Å². The first-order chi connectivity index (χ1) is 29.9. The number of aliphatic hydroxyl groups is 17. The topological polar surface area (TPSA) is 462 Å². The average molecular weight is 932 g/mol. The zero-order valence-corrected chi connectivity index (χ0v) is 34.1. The van der Waals surface area contributed by atoms with Crippen molar-refractivity contribution in [1.82, 2.24) is 0 Å².